The molecule has 1 fully saturated rings. The highest BCUT2D eigenvalue weighted by atomic mass is 16.2. The summed E-state index contributed by atoms with van der Waals surface area (Å²) in [4.78, 5) is 14.6. The second-order valence-electron chi connectivity index (χ2n) is 5.53. The Labute approximate surface area is 127 Å². The summed E-state index contributed by atoms with van der Waals surface area (Å²) in [5.74, 6) is 6.08. The molecule has 1 amide bonds. The van der Waals surface area contributed by atoms with Crippen molar-refractivity contribution in [2.24, 2.45) is 0 Å². The zero-order chi connectivity index (χ0) is 15.2. The minimum atomic E-state index is 0.0661. The van der Waals surface area contributed by atoms with Gasteiger partial charge >= 0.3 is 0 Å². The van der Waals surface area contributed by atoms with E-state index in [1.165, 1.54) is 0 Å². The molecule has 1 N–H and O–H groups in total. The fourth-order valence-corrected chi connectivity index (χ4v) is 2.35. The lowest BCUT2D eigenvalue weighted by atomic mass is 10.0. The Balaban J connectivity index is 2.21. The summed E-state index contributed by atoms with van der Waals surface area (Å²) < 4.78 is 0. The topological polar surface area (TPSA) is 40.5 Å². The minimum absolute atomic E-state index is 0.0661. The van der Waals surface area contributed by atoms with Crippen LogP contribution in [-0.2, 0) is 0 Å². The highest BCUT2D eigenvalue weighted by molar-refractivity contribution is 5.95. The molecule has 1 aliphatic carbocycles. The molecular formula is C18H23NO2. The molecule has 1 aromatic rings. The number of carbonyl (C=O) groups excluding carboxylic acids is 1. The summed E-state index contributed by atoms with van der Waals surface area (Å²) >= 11 is 0. The lowest BCUT2D eigenvalue weighted by Gasteiger charge is -2.22. The number of aryl methyl sites for hydroxylation is 1. The van der Waals surface area contributed by atoms with Crippen LogP contribution < -0.4 is 0 Å². The van der Waals surface area contributed by atoms with Crippen molar-refractivity contribution in [3.63, 3.8) is 0 Å². The van der Waals surface area contributed by atoms with E-state index in [0.717, 1.165) is 36.9 Å². The molecule has 1 aliphatic rings. The molecule has 0 unspecified atom stereocenters. The van der Waals surface area contributed by atoms with Crippen LogP contribution in [0.25, 0.3) is 0 Å². The molecule has 2 rings (SSSR count). The number of nitrogens with zero attached hydrogens (tertiary/aromatic N) is 1. The quantitative estimate of drug-likeness (QED) is 0.845. The molecule has 3 nitrogen and oxygen atoms in total. The van der Waals surface area contributed by atoms with Gasteiger partial charge in [0.15, 0.2) is 0 Å². The Hall–Kier alpha value is -1.79. The molecule has 1 saturated carbocycles. The van der Waals surface area contributed by atoms with Gasteiger partial charge in [0.2, 0.25) is 0 Å². The highest BCUT2D eigenvalue weighted by Crippen LogP contribution is 2.28. The number of hydrogen-bond donors (Lipinski definition) is 1. The van der Waals surface area contributed by atoms with Crippen LogP contribution in [0.5, 0.6) is 0 Å². The third-order valence-corrected chi connectivity index (χ3v) is 3.66. The zero-order valence-electron chi connectivity index (χ0n) is 12.9. The SMILES string of the molecule is CCCN(C(=O)c1ccc(C)c(C#CCCO)c1)C1CC1. The first kappa shape index (κ1) is 15.6. The molecule has 0 atom stereocenters. The van der Waals surface area contributed by atoms with Crippen LogP contribution in [0.1, 0.15) is 54.1 Å². The summed E-state index contributed by atoms with van der Waals surface area (Å²) in [6.07, 6.45) is 3.69. The van der Waals surface area contributed by atoms with E-state index in [9.17, 15) is 4.79 Å². The van der Waals surface area contributed by atoms with Crippen LogP contribution >= 0.6 is 0 Å². The Kier molecular flexibility index (Phi) is 5.41. The van der Waals surface area contributed by atoms with E-state index in [4.69, 9.17) is 5.11 Å². The molecule has 0 aliphatic heterocycles. The molecule has 3 heteroatoms. The number of aliphatic hydroxyl groups excluding tert-OH is 1. The van der Waals surface area contributed by atoms with E-state index in [2.05, 4.69) is 18.8 Å². The number of carbonyl (C=O) groups is 1. The molecule has 21 heavy (non-hydrogen) atoms. The van der Waals surface area contributed by atoms with Gasteiger partial charge in [0.05, 0.1) is 6.61 Å². The van der Waals surface area contributed by atoms with Crippen molar-refractivity contribution in [2.75, 3.05) is 13.2 Å². The van der Waals surface area contributed by atoms with Gasteiger partial charge in [0, 0.05) is 30.1 Å². The predicted octanol–water partition coefficient (Wildman–Crippen LogP) is 2.74. The summed E-state index contributed by atoms with van der Waals surface area (Å²) in [5.41, 5.74) is 2.65. The summed E-state index contributed by atoms with van der Waals surface area (Å²) in [5, 5.41) is 8.79. The summed E-state index contributed by atoms with van der Waals surface area (Å²) in [6, 6.07) is 6.16. The maximum atomic E-state index is 12.6. The fraction of sp³-hybridized carbons (Fsp3) is 0.500. The van der Waals surface area contributed by atoms with Crippen LogP contribution in [0, 0.1) is 18.8 Å². The van der Waals surface area contributed by atoms with Crippen molar-refractivity contribution in [1.29, 1.82) is 0 Å². The third-order valence-electron chi connectivity index (χ3n) is 3.66. The van der Waals surface area contributed by atoms with Gasteiger partial charge in [0.1, 0.15) is 0 Å². The third kappa shape index (κ3) is 4.09. The second kappa shape index (κ2) is 7.28. The van der Waals surface area contributed by atoms with Crippen molar-refractivity contribution in [3.05, 3.63) is 34.9 Å². The number of aliphatic hydroxyl groups is 1. The molecule has 0 spiro atoms. The van der Waals surface area contributed by atoms with Gasteiger partial charge in [0.25, 0.3) is 5.91 Å². The minimum Gasteiger partial charge on any atom is -0.395 e. The van der Waals surface area contributed by atoms with Gasteiger partial charge in [-0.1, -0.05) is 24.8 Å². The molecule has 0 bridgehead atoms. The predicted molar refractivity (Wildman–Crippen MR) is 84.1 cm³/mol. The van der Waals surface area contributed by atoms with E-state index in [-0.39, 0.29) is 12.5 Å². The molecular weight excluding hydrogens is 262 g/mol. The summed E-state index contributed by atoms with van der Waals surface area (Å²) in [7, 11) is 0. The lowest BCUT2D eigenvalue weighted by molar-refractivity contribution is 0.0743. The zero-order valence-corrected chi connectivity index (χ0v) is 12.9. The Morgan fingerprint density at radius 3 is 2.81 bits per heavy atom. The van der Waals surface area contributed by atoms with Gasteiger partial charge < -0.3 is 10.0 Å². The summed E-state index contributed by atoms with van der Waals surface area (Å²) in [6.45, 7) is 4.98. The molecule has 112 valence electrons. The van der Waals surface area contributed by atoms with Gasteiger partial charge in [-0.25, -0.2) is 0 Å². The normalized spacial score (nSPS) is 13.5. The average Bonchev–Trinajstić information content (AvgIpc) is 3.31. The Morgan fingerprint density at radius 2 is 2.19 bits per heavy atom. The van der Waals surface area contributed by atoms with E-state index in [1.54, 1.807) is 0 Å². The molecule has 1 aromatic carbocycles. The van der Waals surface area contributed by atoms with Crippen molar-refractivity contribution in [2.45, 2.75) is 45.6 Å². The standard InChI is InChI=1S/C18H23NO2/c1-3-11-19(17-9-10-17)18(21)16-8-7-14(2)15(13-16)6-4-5-12-20/h7-8,13,17,20H,3,5,9-12H2,1-2H3. The average molecular weight is 285 g/mol. The van der Waals surface area contributed by atoms with Crippen molar-refractivity contribution >= 4 is 5.91 Å². The molecule has 0 radical (unpaired) electrons. The first-order valence-corrected chi connectivity index (χ1v) is 7.68. The van der Waals surface area contributed by atoms with Crippen LogP contribution in [0.15, 0.2) is 18.2 Å². The second-order valence-corrected chi connectivity index (χ2v) is 5.53. The molecule has 0 saturated heterocycles. The fourth-order valence-electron chi connectivity index (χ4n) is 2.35. The van der Waals surface area contributed by atoms with E-state index in [0.29, 0.717) is 18.0 Å². The van der Waals surface area contributed by atoms with Crippen LogP contribution in [-0.4, -0.2) is 35.1 Å². The van der Waals surface area contributed by atoms with Crippen molar-refractivity contribution < 1.29 is 9.90 Å². The highest BCUT2D eigenvalue weighted by Gasteiger charge is 2.32. The van der Waals surface area contributed by atoms with Gasteiger partial charge in [-0.3, -0.25) is 4.79 Å². The van der Waals surface area contributed by atoms with E-state index < -0.39 is 0 Å². The van der Waals surface area contributed by atoms with E-state index in [1.807, 2.05) is 30.0 Å². The first-order chi connectivity index (χ1) is 10.2. The van der Waals surface area contributed by atoms with E-state index >= 15 is 0 Å². The number of benzene rings is 1. The maximum absolute atomic E-state index is 12.6. The van der Waals surface area contributed by atoms with Crippen molar-refractivity contribution in [1.82, 2.24) is 4.90 Å². The smallest absolute Gasteiger partial charge is 0.254 e. The number of hydrogen-bond acceptors (Lipinski definition) is 2. The van der Waals surface area contributed by atoms with Crippen LogP contribution in [0.3, 0.4) is 0 Å². The number of rotatable bonds is 5. The Morgan fingerprint density at radius 1 is 1.43 bits per heavy atom. The van der Waals surface area contributed by atoms with Gasteiger partial charge in [-0.05, 0) is 43.9 Å². The van der Waals surface area contributed by atoms with Crippen LogP contribution in [0.2, 0.25) is 0 Å². The maximum Gasteiger partial charge on any atom is 0.254 e. The largest absolute Gasteiger partial charge is 0.395 e. The van der Waals surface area contributed by atoms with Gasteiger partial charge in [-0.15, -0.1) is 0 Å². The monoisotopic (exact) mass is 285 g/mol. The van der Waals surface area contributed by atoms with Crippen LogP contribution in [0.4, 0.5) is 0 Å². The molecule has 0 aromatic heterocycles. The number of amides is 1. The molecule has 0 heterocycles. The van der Waals surface area contributed by atoms with Crippen molar-refractivity contribution in [3.8, 4) is 11.8 Å². The Bertz CT molecular complexity index is 564. The first-order valence-electron chi connectivity index (χ1n) is 7.68. The lowest BCUT2D eigenvalue weighted by Crippen LogP contribution is -2.33. The van der Waals surface area contributed by atoms with Gasteiger partial charge in [-0.2, -0.15) is 0 Å².